The van der Waals surface area contributed by atoms with Crippen molar-refractivity contribution >= 4 is 28.8 Å². The van der Waals surface area contributed by atoms with Crippen LogP contribution in [0.1, 0.15) is 27.2 Å². The molecule has 0 saturated heterocycles. The Bertz CT molecular complexity index is 280. The molecule has 16 heavy (non-hydrogen) atoms. The van der Waals surface area contributed by atoms with Crippen LogP contribution in [0, 0.1) is 5.92 Å². The second-order valence-corrected chi connectivity index (χ2v) is 4.85. The standard InChI is InChI=1S/C10H17NO4S/c1-4-6(2)9(16-7(3)12)10(15)11-5-8(13)14/h6,9H,4-5H2,1-3H3,(H,11,15)(H,13,14)/t6-,9-/m0/s1. The van der Waals surface area contributed by atoms with Crippen LogP contribution in [0.5, 0.6) is 0 Å². The summed E-state index contributed by atoms with van der Waals surface area (Å²) in [5.41, 5.74) is 0. The van der Waals surface area contributed by atoms with Gasteiger partial charge in [0.25, 0.3) is 0 Å². The van der Waals surface area contributed by atoms with Crippen LogP contribution in [0.25, 0.3) is 0 Å². The molecule has 0 rings (SSSR count). The first-order valence-electron chi connectivity index (χ1n) is 5.05. The lowest BCUT2D eigenvalue weighted by molar-refractivity contribution is -0.137. The van der Waals surface area contributed by atoms with E-state index in [2.05, 4.69) is 5.32 Å². The Balaban J connectivity index is 4.43. The highest BCUT2D eigenvalue weighted by Crippen LogP contribution is 2.22. The zero-order valence-corrected chi connectivity index (χ0v) is 10.5. The maximum atomic E-state index is 11.6. The minimum absolute atomic E-state index is 0.0303. The average Bonchev–Trinajstić information content (AvgIpc) is 2.21. The fraction of sp³-hybridized carbons (Fsp3) is 0.700. The summed E-state index contributed by atoms with van der Waals surface area (Å²) >= 11 is 0.948. The van der Waals surface area contributed by atoms with Crippen LogP contribution >= 0.6 is 11.8 Å². The molecular weight excluding hydrogens is 230 g/mol. The molecule has 0 fully saturated rings. The molecule has 0 unspecified atom stereocenters. The number of carbonyl (C=O) groups is 3. The number of amides is 1. The van der Waals surface area contributed by atoms with Gasteiger partial charge in [0, 0.05) is 6.92 Å². The predicted octanol–water partition coefficient (Wildman–Crippen LogP) is 0.882. The molecule has 0 spiro atoms. The first-order chi connectivity index (χ1) is 7.38. The summed E-state index contributed by atoms with van der Waals surface area (Å²) in [5.74, 6) is -1.45. The van der Waals surface area contributed by atoms with Crippen molar-refractivity contribution in [2.75, 3.05) is 6.54 Å². The molecule has 5 nitrogen and oxygen atoms in total. The summed E-state index contributed by atoms with van der Waals surface area (Å²) in [7, 11) is 0. The van der Waals surface area contributed by atoms with E-state index in [0.717, 1.165) is 18.2 Å². The van der Waals surface area contributed by atoms with E-state index in [0.29, 0.717) is 0 Å². The fourth-order valence-corrected chi connectivity index (χ4v) is 2.06. The van der Waals surface area contributed by atoms with Crippen molar-refractivity contribution in [3.05, 3.63) is 0 Å². The molecule has 92 valence electrons. The molecule has 2 atom stereocenters. The third-order valence-electron chi connectivity index (χ3n) is 2.13. The van der Waals surface area contributed by atoms with Crippen molar-refractivity contribution in [1.82, 2.24) is 5.32 Å². The van der Waals surface area contributed by atoms with E-state index in [4.69, 9.17) is 5.11 Å². The van der Waals surface area contributed by atoms with E-state index in [1.165, 1.54) is 6.92 Å². The lowest BCUT2D eigenvalue weighted by atomic mass is 10.0. The van der Waals surface area contributed by atoms with E-state index in [1.54, 1.807) is 0 Å². The number of hydrogen-bond donors (Lipinski definition) is 2. The van der Waals surface area contributed by atoms with E-state index in [1.807, 2.05) is 13.8 Å². The van der Waals surface area contributed by atoms with Crippen molar-refractivity contribution in [3.8, 4) is 0 Å². The van der Waals surface area contributed by atoms with Gasteiger partial charge >= 0.3 is 5.97 Å². The van der Waals surface area contributed by atoms with Gasteiger partial charge < -0.3 is 10.4 Å². The third-order valence-corrected chi connectivity index (χ3v) is 3.39. The lowest BCUT2D eigenvalue weighted by Crippen LogP contribution is -2.39. The van der Waals surface area contributed by atoms with Crippen LogP contribution in [-0.2, 0) is 14.4 Å². The summed E-state index contributed by atoms with van der Waals surface area (Å²) in [6, 6.07) is 0. The summed E-state index contributed by atoms with van der Waals surface area (Å²) < 4.78 is 0. The molecule has 0 bridgehead atoms. The molecule has 0 aromatic rings. The maximum absolute atomic E-state index is 11.6. The molecule has 6 heteroatoms. The van der Waals surface area contributed by atoms with Crippen LogP contribution in [0.3, 0.4) is 0 Å². The Kier molecular flexibility index (Phi) is 6.80. The minimum atomic E-state index is -1.09. The molecule has 0 aliphatic carbocycles. The number of carboxylic acids is 1. The van der Waals surface area contributed by atoms with Gasteiger partial charge in [0.15, 0.2) is 5.12 Å². The van der Waals surface area contributed by atoms with E-state index >= 15 is 0 Å². The Labute approximate surface area is 99.0 Å². The number of nitrogens with one attached hydrogen (secondary N) is 1. The fourth-order valence-electron chi connectivity index (χ4n) is 1.08. The van der Waals surface area contributed by atoms with Crippen LogP contribution < -0.4 is 5.32 Å². The highest BCUT2D eigenvalue weighted by molar-refractivity contribution is 8.14. The van der Waals surface area contributed by atoms with Crippen molar-refractivity contribution in [1.29, 1.82) is 0 Å². The van der Waals surface area contributed by atoms with Gasteiger partial charge in [-0.15, -0.1) is 0 Å². The molecule has 0 aliphatic rings. The summed E-state index contributed by atoms with van der Waals surface area (Å²) in [5, 5.41) is 10.1. The number of rotatable bonds is 6. The molecular formula is C10H17NO4S. The van der Waals surface area contributed by atoms with Gasteiger partial charge in [-0.25, -0.2) is 0 Å². The topological polar surface area (TPSA) is 83.5 Å². The van der Waals surface area contributed by atoms with E-state index in [-0.39, 0.29) is 11.0 Å². The first-order valence-corrected chi connectivity index (χ1v) is 5.93. The highest BCUT2D eigenvalue weighted by atomic mass is 32.2. The molecule has 2 N–H and O–H groups in total. The average molecular weight is 247 g/mol. The van der Waals surface area contributed by atoms with Crippen molar-refractivity contribution in [2.45, 2.75) is 32.4 Å². The van der Waals surface area contributed by atoms with Crippen LogP contribution in [-0.4, -0.2) is 33.9 Å². The summed E-state index contributed by atoms with van der Waals surface area (Å²) in [4.78, 5) is 32.9. The molecule has 1 amide bonds. The van der Waals surface area contributed by atoms with Crippen LogP contribution in [0.15, 0.2) is 0 Å². The molecule has 0 aliphatic heterocycles. The minimum Gasteiger partial charge on any atom is -0.480 e. The monoisotopic (exact) mass is 247 g/mol. The molecule has 0 radical (unpaired) electrons. The van der Waals surface area contributed by atoms with Gasteiger partial charge in [-0.3, -0.25) is 14.4 Å². The van der Waals surface area contributed by atoms with E-state index in [9.17, 15) is 14.4 Å². The van der Waals surface area contributed by atoms with Crippen LogP contribution in [0.4, 0.5) is 0 Å². The lowest BCUT2D eigenvalue weighted by Gasteiger charge is -2.19. The number of carboxylic acid groups (broad SMARTS) is 1. The molecule has 0 heterocycles. The van der Waals surface area contributed by atoms with Crippen LogP contribution in [0.2, 0.25) is 0 Å². The Morgan fingerprint density at radius 3 is 2.31 bits per heavy atom. The second kappa shape index (κ2) is 7.27. The Morgan fingerprint density at radius 1 is 1.38 bits per heavy atom. The van der Waals surface area contributed by atoms with Gasteiger partial charge in [-0.2, -0.15) is 0 Å². The Morgan fingerprint density at radius 2 is 1.94 bits per heavy atom. The molecule has 0 aromatic carbocycles. The summed E-state index contributed by atoms with van der Waals surface area (Å²) in [6.45, 7) is 4.76. The Hall–Kier alpha value is -1.04. The molecule has 0 saturated carbocycles. The maximum Gasteiger partial charge on any atom is 0.322 e. The highest BCUT2D eigenvalue weighted by Gasteiger charge is 2.26. The zero-order chi connectivity index (χ0) is 12.7. The SMILES string of the molecule is CC[C@H](C)[C@H](SC(C)=O)C(=O)NCC(=O)O. The quantitative estimate of drug-likeness (QED) is 0.728. The van der Waals surface area contributed by atoms with Gasteiger partial charge in [0.05, 0.1) is 5.25 Å². The van der Waals surface area contributed by atoms with Gasteiger partial charge in [-0.05, 0) is 5.92 Å². The van der Waals surface area contributed by atoms with Crippen molar-refractivity contribution in [3.63, 3.8) is 0 Å². The predicted molar refractivity (Wildman–Crippen MR) is 62.2 cm³/mol. The second-order valence-electron chi connectivity index (χ2n) is 3.53. The normalized spacial score (nSPS) is 13.9. The third kappa shape index (κ3) is 5.75. The van der Waals surface area contributed by atoms with Gasteiger partial charge in [0.2, 0.25) is 5.91 Å². The van der Waals surface area contributed by atoms with Crippen molar-refractivity contribution < 1.29 is 19.5 Å². The van der Waals surface area contributed by atoms with Crippen molar-refractivity contribution in [2.24, 2.45) is 5.92 Å². The number of carbonyl (C=O) groups excluding carboxylic acids is 2. The van der Waals surface area contributed by atoms with Gasteiger partial charge in [0.1, 0.15) is 6.54 Å². The number of hydrogen-bond acceptors (Lipinski definition) is 4. The molecule has 0 aromatic heterocycles. The van der Waals surface area contributed by atoms with E-state index < -0.39 is 23.7 Å². The summed E-state index contributed by atoms with van der Waals surface area (Å²) in [6.07, 6.45) is 0.755. The zero-order valence-electron chi connectivity index (χ0n) is 9.65. The largest absolute Gasteiger partial charge is 0.480 e. The first kappa shape index (κ1) is 15.0. The van der Waals surface area contributed by atoms with Gasteiger partial charge in [-0.1, -0.05) is 32.0 Å². The number of thioether (sulfide) groups is 1. The smallest absolute Gasteiger partial charge is 0.322 e. The number of aliphatic carboxylic acids is 1.